The van der Waals surface area contributed by atoms with E-state index in [9.17, 15) is 8.42 Å². The highest BCUT2D eigenvalue weighted by Gasteiger charge is 2.20. The Kier molecular flexibility index (Phi) is 4.67. The van der Waals surface area contributed by atoms with Gasteiger partial charge in [0, 0.05) is 15.7 Å². The number of sulfonamides is 1. The fourth-order valence-electron chi connectivity index (χ4n) is 1.57. The van der Waals surface area contributed by atoms with Crippen LogP contribution in [0.2, 0.25) is 10.0 Å². The predicted octanol–water partition coefficient (Wildman–Crippen LogP) is 3.84. The summed E-state index contributed by atoms with van der Waals surface area (Å²) in [5, 5.41) is 0.638. The fraction of sp³-hybridized carbons (Fsp3) is 0.0833. The van der Waals surface area contributed by atoms with Gasteiger partial charge in [-0.25, -0.2) is 13.4 Å². The van der Waals surface area contributed by atoms with E-state index in [0.29, 0.717) is 9.50 Å². The molecule has 0 fully saturated rings. The van der Waals surface area contributed by atoms with E-state index in [1.165, 1.54) is 18.3 Å². The van der Waals surface area contributed by atoms with Crippen LogP contribution in [0, 0.1) is 6.92 Å². The summed E-state index contributed by atoms with van der Waals surface area (Å²) in [6.45, 7) is 1.77. The molecule has 3 N–H and O–H groups in total. The highest BCUT2D eigenvalue weighted by atomic mass is 79.9. The van der Waals surface area contributed by atoms with Gasteiger partial charge in [0.05, 0.1) is 10.7 Å². The van der Waals surface area contributed by atoms with Crippen molar-refractivity contribution < 1.29 is 8.42 Å². The van der Waals surface area contributed by atoms with Gasteiger partial charge in [-0.2, -0.15) is 0 Å². The average Bonchev–Trinajstić information content (AvgIpc) is 2.38. The van der Waals surface area contributed by atoms with E-state index in [0.717, 1.165) is 5.56 Å². The number of aryl methyl sites for hydroxylation is 1. The number of nitrogens with two attached hydrogens (primary N) is 1. The Morgan fingerprint density at radius 2 is 1.90 bits per heavy atom. The van der Waals surface area contributed by atoms with Gasteiger partial charge in [-0.1, -0.05) is 23.2 Å². The molecule has 1 aromatic heterocycles. The molecule has 21 heavy (non-hydrogen) atoms. The molecule has 0 radical (unpaired) electrons. The summed E-state index contributed by atoms with van der Waals surface area (Å²) in [6, 6.07) is 4.37. The molecule has 2 aromatic rings. The summed E-state index contributed by atoms with van der Waals surface area (Å²) in [6.07, 6.45) is 1.41. The van der Waals surface area contributed by atoms with Crippen LogP contribution >= 0.6 is 39.1 Å². The molecule has 0 bridgehead atoms. The third-order valence-corrected chi connectivity index (χ3v) is 5.18. The van der Waals surface area contributed by atoms with Crippen molar-refractivity contribution in [2.75, 3.05) is 10.5 Å². The smallest absolute Gasteiger partial charge is 0.265 e. The zero-order valence-corrected chi connectivity index (χ0v) is 14.6. The molecule has 0 unspecified atom stereocenters. The Morgan fingerprint density at radius 1 is 1.24 bits per heavy atom. The van der Waals surface area contributed by atoms with E-state index in [4.69, 9.17) is 28.9 Å². The van der Waals surface area contributed by atoms with Crippen molar-refractivity contribution in [3.8, 4) is 0 Å². The van der Waals surface area contributed by atoms with E-state index in [-0.39, 0.29) is 21.4 Å². The minimum absolute atomic E-state index is 0.111. The molecule has 0 aliphatic heterocycles. The van der Waals surface area contributed by atoms with Crippen molar-refractivity contribution in [2.24, 2.45) is 0 Å². The second kappa shape index (κ2) is 6.00. The number of rotatable bonds is 3. The summed E-state index contributed by atoms with van der Waals surface area (Å²) >= 11 is 15.2. The van der Waals surface area contributed by atoms with Gasteiger partial charge < -0.3 is 5.73 Å². The van der Waals surface area contributed by atoms with Crippen molar-refractivity contribution in [3.63, 3.8) is 0 Å². The number of hydrogen-bond acceptors (Lipinski definition) is 4. The lowest BCUT2D eigenvalue weighted by Gasteiger charge is -2.12. The lowest BCUT2D eigenvalue weighted by atomic mass is 10.2. The summed E-state index contributed by atoms with van der Waals surface area (Å²) in [4.78, 5) is 3.64. The minimum atomic E-state index is -3.93. The minimum Gasteiger partial charge on any atom is -0.383 e. The van der Waals surface area contributed by atoms with Crippen LogP contribution in [-0.4, -0.2) is 13.4 Å². The molecule has 0 spiro atoms. The Morgan fingerprint density at radius 3 is 2.57 bits per heavy atom. The zero-order valence-electron chi connectivity index (χ0n) is 10.7. The molecule has 5 nitrogen and oxygen atoms in total. The van der Waals surface area contributed by atoms with Crippen LogP contribution in [0.5, 0.6) is 0 Å². The van der Waals surface area contributed by atoms with Crippen molar-refractivity contribution in [2.45, 2.75) is 11.8 Å². The Labute approximate surface area is 140 Å². The lowest BCUT2D eigenvalue weighted by molar-refractivity contribution is 0.601. The number of nitrogens with one attached hydrogen (secondary N) is 1. The maximum Gasteiger partial charge on any atom is 0.265 e. The van der Waals surface area contributed by atoms with E-state index in [1.807, 2.05) is 0 Å². The predicted molar refractivity (Wildman–Crippen MR) is 88.4 cm³/mol. The molecule has 0 amide bonds. The Hall–Kier alpha value is -1.02. The molecule has 0 saturated carbocycles. The second-order valence-corrected chi connectivity index (χ2v) is 7.60. The maximum absolute atomic E-state index is 12.4. The number of anilines is 2. The maximum atomic E-state index is 12.4. The van der Waals surface area contributed by atoms with Gasteiger partial charge in [0.2, 0.25) is 0 Å². The van der Waals surface area contributed by atoms with Crippen LogP contribution in [0.1, 0.15) is 5.56 Å². The normalized spacial score (nSPS) is 11.4. The third-order valence-electron chi connectivity index (χ3n) is 2.63. The van der Waals surface area contributed by atoms with Crippen LogP contribution in [0.25, 0.3) is 0 Å². The first-order chi connectivity index (χ1) is 9.70. The Balaban J connectivity index is 2.47. The molecule has 2 rings (SSSR count). The van der Waals surface area contributed by atoms with Gasteiger partial charge in [-0.05, 0) is 46.6 Å². The van der Waals surface area contributed by atoms with E-state index in [1.54, 1.807) is 13.0 Å². The van der Waals surface area contributed by atoms with Gasteiger partial charge in [0.15, 0.2) is 0 Å². The fourth-order valence-corrected chi connectivity index (χ4v) is 3.72. The van der Waals surface area contributed by atoms with Gasteiger partial charge in [-0.3, -0.25) is 4.72 Å². The van der Waals surface area contributed by atoms with Crippen LogP contribution in [0.3, 0.4) is 0 Å². The molecule has 0 atom stereocenters. The van der Waals surface area contributed by atoms with Crippen molar-refractivity contribution >= 4 is 60.7 Å². The number of nitrogens with zero attached hydrogens (tertiary/aromatic N) is 1. The standard InChI is InChI=1S/C12H10BrCl2N3O2S/c1-6-2-9(15)10(4-8(6)14)18-21(19,20)11-3-7(13)5-17-12(11)16/h2-5,18H,1H3,(H2,16,17). The first-order valence-electron chi connectivity index (χ1n) is 5.60. The highest BCUT2D eigenvalue weighted by molar-refractivity contribution is 9.10. The monoisotopic (exact) mass is 409 g/mol. The first-order valence-corrected chi connectivity index (χ1v) is 8.63. The molecular weight excluding hydrogens is 401 g/mol. The van der Waals surface area contributed by atoms with Crippen molar-refractivity contribution in [3.05, 3.63) is 44.5 Å². The van der Waals surface area contributed by atoms with Crippen LogP contribution in [0.4, 0.5) is 11.5 Å². The van der Waals surface area contributed by atoms with Crippen molar-refractivity contribution in [1.29, 1.82) is 0 Å². The molecule has 1 aromatic carbocycles. The topological polar surface area (TPSA) is 85.1 Å². The quantitative estimate of drug-likeness (QED) is 0.804. The van der Waals surface area contributed by atoms with E-state index >= 15 is 0 Å². The number of aromatic nitrogens is 1. The SMILES string of the molecule is Cc1cc(Cl)c(NS(=O)(=O)c2cc(Br)cnc2N)cc1Cl. The molecule has 0 saturated heterocycles. The zero-order chi connectivity index (χ0) is 15.8. The van der Waals surface area contributed by atoms with E-state index < -0.39 is 10.0 Å². The molecule has 0 aliphatic carbocycles. The van der Waals surface area contributed by atoms with Crippen LogP contribution in [0.15, 0.2) is 33.8 Å². The lowest BCUT2D eigenvalue weighted by Crippen LogP contribution is -2.16. The van der Waals surface area contributed by atoms with Gasteiger partial charge in [-0.15, -0.1) is 0 Å². The molecule has 1 heterocycles. The van der Waals surface area contributed by atoms with Gasteiger partial charge in [0.25, 0.3) is 10.0 Å². The molecule has 9 heteroatoms. The highest BCUT2D eigenvalue weighted by Crippen LogP contribution is 2.31. The van der Waals surface area contributed by atoms with Gasteiger partial charge in [0.1, 0.15) is 10.7 Å². The number of pyridine rings is 1. The second-order valence-electron chi connectivity index (χ2n) is 4.22. The summed E-state index contributed by atoms with van der Waals surface area (Å²) < 4.78 is 27.6. The number of benzene rings is 1. The van der Waals surface area contributed by atoms with Crippen LogP contribution < -0.4 is 10.5 Å². The number of nitrogen functional groups attached to an aromatic ring is 1. The number of hydrogen-bond donors (Lipinski definition) is 2. The Bertz CT molecular complexity index is 812. The average molecular weight is 411 g/mol. The molecular formula is C12H10BrCl2N3O2S. The van der Waals surface area contributed by atoms with Crippen molar-refractivity contribution in [1.82, 2.24) is 4.98 Å². The summed E-state index contributed by atoms with van der Waals surface area (Å²) in [5.41, 5.74) is 6.53. The van der Waals surface area contributed by atoms with Crippen LogP contribution in [-0.2, 0) is 10.0 Å². The summed E-state index contributed by atoms with van der Waals surface area (Å²) in [5.74, 6) is -0.111. The first kappa shape index (κ1) is 16.4. The summed E-state index contributed by atoms with van der Waals surface area (Å²) in [7, 11) is -3.93. The van der Waals surface area contributed by atoms with E-state index in [2.05, 4.69) is 25.6 Å². The third kappa shape index (κ3) is 3.60. The van der Waals surface area contributed by atoms with Gasteiger partial charge >= 0.3 is 0 Å². The number of halogens is 3. The molecule has 112 valence electrons. The largest absolute Gasteiger partial charge is 0.383 e. The molecule has 0 aliphatic rings.